The molecule has 4 heteroatoms. The zero-order chi connectivity index (χ0) is 12.3. The van der Waals surface area contributed by atoms with Gasteiger partial charge in [0.25, 0.3) is 0 Å². The molecule has 0 aromatic heterocycles. The molecule has 2 atom stereocenters. The first-order chi connectivity index (χ1) is 6.99. The maximum atomic E-state index is 10.4. The molecule has 0 amide bonds. The molecule has 0 radical (unpaired) electrons. The summed E-state index contributed by atoms with van der Waals surface area (Å²) >= 11 is 0. The van der Waals surface area contributed by atoms with E-state index in [9.17, 15) is 4.79 Å². The van der Waals surface area contributed by atoms with Crippen molar-refractivity contribution < 1.29 is 20.1 Å². The Morgan fingerprint density at radius 1 is 1.33 bits per heavy atom. The fourth-order valence-electron chi connectivity index (χ4n) is 0.953. The molecular formula is C11H24O4. The summed E-state index contributed by atoms with van der Waals surface area (Å²) in [6.07, 6.45) is 3.15. The number of carboxylic acids is 1. The highest BCUT2D eigenvalue weighted by atomic mass is 16.4. The van der Waals surface area contributed by atoms with E-state index >= 15 is 0 Å². The van der Waals surface area contributed by atoms with Gasteiger partial charge in [-0.3, -0.25) is 4.79 Å². The third-order valence-corrected chi connectivity index (χ3v) is 2.01. The molecule has 3 N–H and O–H groups in total. The van der Waals surface area contributed by atoms with Crippen molar-refractivity contribution in [2.75, 3.05) is 6.61 Å². The molecule has 0 spiro atoms. The molecule has 0 bridgehead atoms. The molecule has 0 saturated heterocycles. The van der Waals surface area contributed by atoms with Crippen molar-refractivity contribution in [2.24, 2.45) is 5.92 Å². The summed E-state index contributed by atoms with van der Waals surface area (Å²) in [6.45, 7) is 5.39. The van der Waals surface area contributed by atoms with Gasteiger partial charge in [0.2, 0.25) is 0 Å². The predicted octanol–water partition coefficient (Wildman–Crippen LogP) is 1.65. The van der Waals surface area contributed by atoms with Gasteiger partial charge in [0.05, 0.1) is 18.6 Å². The Labute approximate surface area is 91.9 Å². The summed E-state index contributed by atoms with van der Waals surface area (Å²) in [5, 5.41) is 24.6. The Hall–Kier alpha value is -0.610. The highest BCUT2D eigenvalue weighted by molar-refractivity contribution is 5.69. The molecule has 0 aliphatic carbocycles. The minimum atomic E-state index is -0.643. The maximum Gasteiger partial charge on any atom is 0.306 e. The molecule has 15 heavy (non-hydrogen) atoms. The quantitative estimate of drug-likeness (QED) is 0.636. The van der Waals surface area contributed by atoms with Crippen LogP contribution in [0.5, 0.6) is 0 Å². The molecule has 0 aliphatic rings. The fraction of sp³-hybridized carbons (Fsp3) is 0.909. The van der Waals surface area contributed by atoms with Crippen LogP contribution < -0.4 is 0 Å². The molecule has 0 saturated carbocycles. The molecule has 0 fully saturated rings. The summed E-state index contributed by atoms with van der Waals surface area (Å²) in [4.78, 5) is 10.4. The lowest BCUT2D eigenvalue weighted by Gasteiger charge is -2.06. The second-order valence-corrected chi connectivity index (χ2v) is 3.62. The first-order valence-corrected chi connectivity index (χ1v) is 5.51. The number of aliphatic hydroxyl groups excluding tert-OH is 2. The van der Waals surface area contributed by atoms with Crippen LogP contribution in [0.15, 0.2) is 0 Å². The first kappa shape index (κ1) is 16.8. The summed E-state index contributed by atoms with van der Waals surface area (Å²) in [5.74, 6) is -0.754. The molecule has 2 unspecified atom stereocenters. The third kappa shape index (κ3) is 13.4. The largest absolute Gasteiger partial charge is 0.481 e. The fourth-order valence-corrected chi connectivity index (χ4v) is 0.953. The number of hydrogen-bond acceptors (Lipinski definition) is 3. The second kappa shape index (κ2) is 11.5. The van der Waals surface area contributed by atoms with E-state index in [0.717, 1.165) is 25.7 Å². The summed E-state index contributed by atoms with van der Waals surface area (Å²) in [7, 11) is 0. The second-order valence-electron chi connectivity index (χ2n) is 3.62. The molecule has 4 nitrogen and oxygen atoms in total. The summed E-state index contributed by atoms with van der Waals surface area (Å²) in [5.41, 5.74) is 0. The standard InChI is InChI=1S/C8H16O2.C3H8O2/c1-3-5-6-7(4-2)8(9)10;1-3(5)2-4/h7H,3-6H2,1-2H3,(H,9,10);3-5H,2H2,1H3. The van der Waals surface area contributed by atoms with E-state index in [-0.39, 0.29) is 12.5 Å². The van der Waals surface area contributed by atoms with Gasteiger partial charge in [-0.15, -0.1) is 0 Å². The van der Waals surface area contributed by atoms with Crippen LogP contribution in [0.3, 0.4) is 0 Å². The zero-order valence-corrected chi connectivity index (χ0v) is 9.94. The normalized spacial score (nSPS) is 13.7. The smallest absolute Gasteiger partial charge is 0.306 e. The lowest BCUT2D eigenvalue weighted by molar-refractivity contribution is -0.142. The van der Waals surface area contributed by atoms with Gasteiger partial charge in [0.15, 0.2) is 0 Å². The lowest BCUT2D eigenvalue weighted by Crippen LogP contribution is -2.11. The highest BCUT2D eigenvalue weighted by Crippen LogP contribution is 2.11. The Bertz CT molecular complexity index is 146. The van der Waals surface area contributed by atoms with Crippen molar-refractivity contribution in [3.8, 4) is 0 Å². The van der Waals surface area contributed by atoms with Crippen molar-refractivity contribution >= 4 is 5.97 Å². The average molecular weight is 220 g/mol. The molecule has 0 aliphatic heterocycles. The van der Waals surface area contributed by atoms with E-state index in [0.29, 0.717) is 0 Å². The maximum absolute atomic E-state index is 10.4. The monoisotopic (exact) mass is 220 g/mol. The van der Waals surface area contributed by atoms with E-state index in [1.165, 1.54) is 6.92 Å². The van der Waals surface area contributed by atoms with Crippen LogP contribution in [-0.2, 0) is 4.79 Å². The predicted molar refractivity (Wildman–Crippen MR) is 59.7 cm³/mol. The van der Waals surface area contributed by atoms with Gasteiger partial charge >= 0.3 is 5.97 Å². The zero-order valence-electron chi connectivity index (χ0n) is 9.94. The number of carboxylic acid groups (broad SMARTS) is 1. The lowest BCUT2D eigenvalue weighted by atomic mass is 10.00. The summed E-state index contributed by atoms with van der Waals surface area (Å²) in [6, 6.07) is 0. The number of carbonyl (C=O) groups is 1. The van der Waals surface area contributed by atoms with Gasteiger partial charge in [0.1, 0.15) is 0 Å². The van der Waals surface area contributed by atoms with E-state index in [2.05, 4.69) is 6.92 Å². The van der Waals surface area contributed by atoms with Crippen molar-refractivity contribution in [2.45, 2.75) is 52.6 Å². The van der Waals surface area contributed by atoms with E-state index in [1.807, 2.05) is 6.92 Å². The van der Waals surface area contributed by atoms with Gasteiger partial charge in [-0.05, 0) is 19.8 Å². The Morgan fingerprint density at radius 2 is 1.80 bits per heavy atom. The van der Waals surface area contributed by atoms with E-state index in [1.54, 1.807) is 0 Å². The van der Waals surface area contributed by atoms with Crippen molar-refractivity contribution in [1.29, 1.82) is 0 Å². The number of unbranched alkanes of at least 4 members (excludes halogenated alkanes) is 1. The van der Waals surface area contributed by atoms with Gasteiger partial charge in [-0.2, -0.15) is 0 Å². The van der Waals surface area contributed by atoms with Crippen molar-refractivity contribution in [1.82, 2.24) is 0 Å². The van der Waals surface area contributed by atoms with Crippen LogP contribution in [0.1, 0.15) is 46.5 Å². The molecule has 92 valence electrons. The van der Waals surface area contributed by atoms with Crippen LogP contribution in [0, 0.1) is 5.92 Å². The summed E-state index contributed by atoms with van der Waals surface area (Å²) < 4.78 is 0. The average Bonchev–Trinajstić information content (AvgIpc) is 2.19. The highest BCUT2D eigenvalue weighted by Gasteiger charge is 2.12. The number of hydrogen-bond donors (Lipinski definition) is 3. The van der Waals surface area contributed by atoms with Crippen LogP contribution in [-0.4, -0.2) is 34.0 Å². The van der Waals surface area contributed by atoms with Crippen LogP contribution in [0.4, 0.5) is 0 Å². The molecule has 0 aromatic carbocycles. The first-order valence-electron chi connectivity index (χ1n) is 5.51. The van der Waals surface area contributed by atoms with Crippen LogP contribution in [0.2, 0.25) is 0 Å². The Morgan fingerprint density at radius 3 is 2.00 bits per heavy atom. The topological polar surface area (TPSA) is 77.8 Å². The van der Waals surface area contributed by atoms with Gasteiger partial charge < -0.3 is 15.3 Å². The van der Waals surface area contributed by atoms with E-state index in [4.69, 9.17) is 15.3 Å². The van der Waals surface area contributed by atoms with Crippen LogP contribution in [0.25, 0.3) is 0 Å². The minimum Gasteiger partial charge on any atom is -0.481 e. The SMILES string of the molecule is CC(O)CO.CCCCC(CC)C(=O)O. The Kier molecular flexibility index (Phi) is 12.8. The minimum absolute atomic E-state index is 0.111. The van der Waals surface area contributed by atoms with Crippen molar-refractivity contribution in [3.63, 3.8) is 0 Å². The molecule has 0 heterocycles. The van der Waals surface area contributed by atoms with Gasteiger partial charge in [0, 0.05) is 0 Å². The molecule has 0 rings (SSSR count). The molecular weight excluding hydrogens is 196 g/mol. The number of aliphatic hydroxyl groups is 2. The van der Waals surface area contributed by atoms with Gasteiger partial charge in [-0.25, -0.2) is 0 Å². The van der Waals surface area contributed by atoms with E-state index < -0.39 is 12.1 Å². The number of rotatable bonds is 6. The third-order valence-electron chi connectivity index (χ3n) is 2.01. The Balaban J connectivity index is 0. The van der Waals surface area contributed by atoms with Crippen molar-refractivity contribution in [3.05, 3.63) is 0 Å². The van der Waals surface area contributed by atoms with Crippen LogP contribution >= 0.6 is 0 Å². The van der Waals surface area contributed by atoms with Gasteiger partial charge in [-0.1, -0.05) is 26.7 Å². The molecule has 0 aromatic rings. The number of aliphatic carboxylic acids is 1.